The fourth-order valence-corrected chi connectivity index (χ4v) is 9.72. The van der Waals surface area contributed by atoms with Gasteiger partial charge in [-0.05, 0) is 82.6 Å². The van der Waals surface area contributed by atoms with Gasteiger partial charge in [-0.3, -0.25) is 0 Å². The lowest BCUT2D eigenvalue weighted by molar-refractivity contribution is 0.443. The van der Waals surface area contributed by atoms with Crippen molar-refractivity contribution in [3.63, 3.8) is 0 Å². The Kier molecular flexibility index (Phi) is 7.41. The van der Waals surface area contributed by atoms with E-state index in [9.17, 15) is 0 Å². The number of benzene rings is 7. The number of thiophene rings is 1. The molecule has 0 bridgehead atoms. The molecule has 1 aliphatic rings. The van der Waals surface area contributed by atoms with E-state index < -0.39 is 0 Å². The first kappa shape index (κ1) is 31.4. The molecule has 10 aromatic rings. The summed E-state index contributed by atoms with van der Waals surface area (Å²) in [5.74, 6) is 2.61. The van der Waals surface area contributed by atoms with Gasteiger partial charge in [0.25, 0.3) is 0 Å². The number of hydrogen-bond acceptors (Lipinski definition) is 5. The van der Waals surface area contributed by atoms with Gasteiger partial charge in [-0.25, -0.2) is 15.0 Å². The average molecular weight is 714 g/mol. The molecule has 0 saturated heterocycles. The monoisotopic (exact) mass is 713 g/mol. The van der Waals surface area contributed by atoms with Gasteiger partial charge in [0.15, 0.2) is 17.5 Å². The highest BCUT2D eigenvalue weighted by Gasteiger charge is 2.18. The van der Waals surface area contributed by atoms with Crippen LogP contribution < -0.4 is 0 Å². The number of furan rings is 1. The molecular formula is C49H35N3OS. The minimum absolute atomic E-state index is 0.627. The smallest absolute Gasteiger partial charge is 0.164 e. The summed E-state index contributed by atoms with van der Waals surface area (Å²) in [5, 5.41) is 7.37. The summed E-state index contributed by atoms with van der Waals surface area (Å²) in [6, 6.07) is 52.0. The molecule has 0 radical (unpaired) electrons. The first-order valence-corrected chi connectivity index (χ1v) is 19.8. The van der Waals surface area contributed by atoms with Crippen molar-refractivity contribution in [2.75, 3.05) is 0 Å². The third kappa shape index (κ3) is 5.38. The molecular weight excluding hydrogens is 679 g/mol. The number of rotatable bonds is 5. The normalized spacial score (nSPS) is 13.9. The molecule has 0 spiro atoms. The van der Waals surface area contributed by atoms with Crippen LogP contribution in [0, 0.1) is 0 Å². The van der Waals surface area contributed by atoms with E-state index in [1.165, 1.54) is 74.2 Å². The summed E-state index contributed by atoms with van der Waals surface area (Å²) in [7, 11) is 0. The molecule has 7 aromatic carbocycles. The predicted molar refractivity (Wildman–Crippen MR) is 225 cm³/mol. The largest absolute Gasteiger partial charge is 0.456 e. The van der Waals surface area contributed by atoms with Crippen LogP contribution in [0.4, 0.5) is 0 Å². The number of hydrogen-bond donors (Lipinski definition) is 0. The summed E-state index contributed by atoms with van der Waals surface area (Å²) in [6.45, 7) is 0. The molecule has 1 fully saturated rings. The zero-order chi connectivity index (χ0) is 35.6. The second-order valence-corrected chi connectivity index (χ2v) is 15.7. The van der Waals surface area contributed by atoms with Gasteiger partial charge in [0.1, 0.15) is 11.2 Å². The minimum Gasteiger partial charge on any atom is -0.456 e. The Balaban J connectivity index is 0.965. The Morgan fingerprint density at radius 3 is 1.93 bits per heavy atom. The maximum absolute atomic E-state index is 6.48. The second kappa shape index (κ2) is 12.8. The van der Waals surface area contributed by atoms with E-state index in [0.717, 1.165) is 44.2 Å². The van der Waals surface area contributed by atoms with Crippen LogP contribution in [0.2, 0.25) is 0 Å². The molecule has 1 saturated carbocycles. The van der Waals surface area contributed by atoms with E-state index in [0.29, 0.717) is 23.4 Å². The zero-order valence-corrected chi connectivity index (χ0v) is 30.4. The summed E-state index contributed by atoms with van der Waals surface area (Å²) in [6.07, 6.45) is 6.55. The van der Waals surface area contributed by atoms with Crippen LogP contribution in [0.3, 0.4) is 0 Å². The summed E-state index contributed by atoms with van der Waals surface area (Å²) >= 11 is 1.88. The van der Waals surface area contributed by atoms with E-state index in [4.69, 9.17) is 19.4 Å². The molecule has 5 heteroatoms. The molecule has 0 amide bonds. The summed E-state index contributed by atoms with van der Waals surface area (Å²) in [5.41, 5.74) is 8.29. The van der Waals surface area contributed by atoms with Crippen molar-refractivity contribution >= 4 is 64.2 Å². The standard InChI is InChI=1S/C49H35N3OS/c1-3-9-30(10-4-1)31-15-17-33(18-16-31)48-50-47(32-11-5-2-6-12-32)51-49(52-48)37-21-24-39-42-28-35(22-26-43(42)53-44(39)29-37)34-19-23-38-36(27-34)20-25-41-40-13-7-8-14-45(40)54-46(38)41/h2,5-8,11-30H,1,3-4,9-10H2. The van der Waals surface area contributed by atoms with Gasteiger partial charge in [0.2, 0.25) is 0 Å². The van der Waals surface area contributed by atoms with Crippen LogP contribution in [0.15, 0.2) is 150 Å². The lowest BCUT2D eigenvalue weighted by Gasteiger charge is -2.22. The van der Waals surface area contributed by atoms with Gasteiger partial charge in [0, 0.05) is 47.6 Å². The Morgan fingerprint density at radius 1 is 0.444 bits per heavy atom. The zero-order valence-electron chi connectivity index (χ0n) is 29.6. The molecule has 0 N–H and O–H groups in total. The van der Waals surface area contributed by atoms with E-state index in [2.05, 4.69) is 127 Å². The highest BCUT2D eigenvalue weighted by atomic mass is 32.1. The van der Waals surface area contributed by atoms with Crippen LogP contribution in [0.25, 0.3) is 98.2 Å². The van der Waals surface area contributed by atoms with Gasteiger partial charge < -0.3 is 4.42 Å². The SMILES string of the molecule is c1ccc(-c2nc(-c3ccc(C4CCCCC4)cc3)nc(-c3ccc4c(c3)oc3ccc(-c5ccc6c(ccc7c8ccccc8sc67)c5)cc34)n2)cc1. The molecule has 0 atom stereocenters. The number of nitrogens with zero attached hydrogens (tertiary/aromatic N) is 3. The van der Waals surface area contributed by atoms with Crippen molar-refractivity contribution in [1.29, 1.82) is 0 Å². The molecule has 11 rings (SSSR count). The predicted octanol–water partition coefficient (Wildman–Crippen LogP) is 14.0. The Bertz CT molecular complexity index is 3030. The van der Waals surface area contributed by atoms with Crippen LogP contribution in [-0.2, 0) is 0 Å². The van der Waals surface area contributed by atoms with Crippen molar-refractivity contribution < 1.29 is 4.42 Å². The highest BCUT2D eigenvalue weighted by molar-refractivity contribution is 7.26. The van der Waals surface area contributed by atoms with Crippen LogP contribution >= 0.6 is 11.3 Å². The summed E-state index contributed by atoms with van der Waals surface area (Å²) < 4.78 is 9.16. The maximum Gasteiger partial charge on any atom is 0.164 e. The van der Waals surface area contributed by atoms with Crippen molar-refractivity contribution in [3.05, 3.63) is 151 Å². The number of fused-ring (bicyclic) bond motifs is 8. The van der Waals surface area contributed by atoms with Crippen molar-refractivity contribution in [2.24, 2.45) is 0 Å². The quantitative estimate of drug-likeness (QED) is 0.178. The Morgan fingerprint density at radius 2 is 1.09 bits per heavy atom. The van der Waals surface area contributed by atoms with Gasteiger partial charge in [-0.1, -0.05) is 128 Å². The van der Waals surface area contributed by atoms with Crippen molar-refractivity contribution in [2.45, 2.75) is 38.0 Å². The molecule has 0 unspecified atom stereocenters. The Hall–Kier alpha value is -6.17. The highest BCUT2D eigenvalue weighted by Crippen LogP contribution is 2.41. The first-order chi connectivity index (χ1) is 26.7. The van der Waals surface area contributed by atoms with E-state index in [1.807, 2.05) is 29.5 Å². The van der Waals surface area contributed by atoms with Crippen molar-refractivity contribution in [1.82, 2.24) is 15.0 Å². The second-order valence-electron chi connectivity index (χ2n) is 14.6. The number of aromatic nitrogens is 3. The van der Waals surface area contributed by atoms with Gasteiger partial charge in [-0.2, -0.15) is 0 Å². The van der Waals surface area contributed by atoms with Crippen LogP contribution in [-0.4, -0.2) is 15.0 Å². The van der Waals surface area contributed by atoms with E-state index in [1.54, 1.807) is 0 Å². The lowest BCUT2D eigenvalue weighted by Crippen LogP contribution is -2.04. The average Bonchev–Trinajstić information content (AvgIpc) is 3.82. The van der Waals surface area contributed by atoms with Crippen molar-refractivity contribution in [3.8, 4) is 45.3 Å². The molecule has 54 heavy (non-hydrogen) atoms. The van der Waals surface area contributed by atoms with Crippen LogP contribution in [0.5, 0.6) is 0 Å². The summed E-state index contributed by atoms with van der Waals surface area (Å²) in [4.78, 5) is 15.0. The maximum atomic E-state index is 6.48. The molecule has 0 aliphatic heterocycles. The third-order valence-electron chi connectivity index (χ3n) is 11.3. The topological polar surface area (TPSA) is 51.8 Å². The third-order valence-corrected chi connectivity index (χ3v) is 12.6. The van der Waals surface area contributed by atoms with Gasteiger partial charge in [0.05, 0.1) is 0 Å². The van der Waals surface area contributed by atoms with E-state index >= 15 is 0 Å². The minimum atomic E-state index is 0.627. The molecule has 1 aliphatic carbocycles. The van der Waals surface area contributed by atoms with E-state index in [-0.39, 0.29) is 0 Å². The molecule has 258 valence electrons. The molecule has 3 aromatic heterocycles. The fourth-order valence-electron chi connectivity index (χ4n) is 8.48. The lowest BCUT2D eigenvalue weighted by atomic mass is 9.84. The van der Waals surface area contributed by atoms with Crippen LogP contribution in [0.1, 0.15) is 43.6 Å². The fraction of sp³-hybridized carbons (Fsp3) is 0.122. The molecule has 3 heterocycles. The molecule has 4 nitrogen and oxygen atoms in total. The Labute approximate surface area is 316 Å². The van der Waals surface area contributed by atoms with Gasteiger partial charge >= 0.3 is 0 Å². The first-order valence-electron chi connectivity index (χ1n) is 18.9. The van der Waals surface area contributed by atoms with Gasteiger partial charge in [-0.15, -0.1) is 11.3 Å².